The average Bonchev–Trinajstić information content (AvgIpc) is 2.65. The first-order valence-corrected chi connectivity index (χ1v) is 9.15. The first-order valence-electron chi connectivity index (χ1n) is 8.00. The van der Waals surface area contributed by atoms with Crippen LogP contribution in [0.15, 0.2) is 40.2 Å². The summed E-state index contributed by atoms with van der Waals surface area (Å²) in [5, 5.41) is 16.2. The fourth-order valence-corrected chi connectivity index (χ4v) is 3.98. The number of hydrogen-bond donors (Lipinski definition) is 1. The Morgan fingerprint density at radius 3 is 2.60 bits per heavy atom. The fraction of sp³-hybridized carbons (Fsp3) is 0.353. The maximum Gasteiger partial charge on any atom is 0.287 e. The minimum absolute atomic E-state index is 0.0636. The van der Waals surface area contributed by atoms with Crippen LogP contribution in [0.3, 0.4) is 0 Å². The molecular weight excluding hydrogens is 358 g/mol. The monoisotopic (exact) mass is 375 g/mol. The van der Waals surface area contributed by atoms with Crippen molar-refractivity contribution in [3.63, 3.8) is 0 Å². The third-order valence-electron chi connectivity index (χ3n) is 4.20. The van der Waals surface area contributed by atoms with Crippen LogP contribution >= 0.6 is 23.5 Å². The van der Waals surface area contributed by atoms with Crippen molar-refractivity contribution in [2.45, 2.75) is 23.8 Å². The summed E-state index contributed by atoms with van der Waals surface area (Å²) in [5.74, 6) is 0. The summed E-state index contributed by atoms with van der Waals surface area (Å²) in [4.78, 5) is 13.5. The van der Waals surface area contributed by atoms with Gasteiger partial charge in [0, 0.05) is 25.0 Å². The predicted molar refractivity (Wildman–Crippen MR) is 99.9 cm³/mol. The molecule has 1 aliphatic heterocycles. The van der Waals surface area contributed by atoms with Gasteiger partial charge in [0.1, 0.15) is 5.02 Å². The van der Waals surface area contributed by atoms with Gasteiger partial charge in [-0.25, -0.2) is 8.99 Å². The number of piperidine rings is 1. The Morgan fingerprint density at radius 1 is 1.32 bits per heavy atom. The van der Waals surface area contributed by atoms with Crippen molar-refractivity contribution in [3.8, 4) is 6.07 Å². The lowest BCUT2D eigenvalue weighted by molar-refractivity contribution is 0.269. The first kappa shape index (κ1) is 17.8. The number of benzene rings is 1. The van der Waals surface area contributed by atoms with E-state index >= 15 is 0 Å². The highest BCUT2D eigenvalue weighted by molar-refractivity contribution is 7.97. The third kappa shape index (κ3) is 3.98. The molecule has 25 heavy (non-hydrogen) atoms. The largest absolute Gasteiger partial charge is 0.385 e. The Kier molecular flexibility index (Phi) is 5.63. The Balaban J connectivity index is 1.63. The molecule has 1 N–H and O–H groups in total. The predicted octanol–water partition coefficient (Wildman–Crippen LogP) is 3.15. The molecule has 1 aromatic heterocycles. The maximum atomic E-state index is 12.4. The van der Waals surface area contributed by atoms with Crippen molar-refractivity contribution in [2.75, 3.05) is 25.5 Å². The lowest BCUT2D eigenvalue weighted by atomic mass is 10.1. The van der Waals surface area contributed by atoms with E-state index in [1.807, 2.05) is 24.3 Å². The van der Waals surface area contributed by atoms with Gasteiger partial charge in [-0.1, -0.05) is 11.6 Å². The smallest absolute Gasteiger partial charge is 0.287 e. The summed E-state index contributed by atoms with van der Waals surface area (Å²) < 4.78 is 3.78. The van der Waals surface area contributed by atoms with Crippen molar-refractivity contribution >= 4 is 29.2 Å². The van der Waals surface area contributed by atoms with Gasteiger partial charge < -0.3 is 5.32 Å². The molecule has 0 spiro atoms. The standard InChI is InChI=1S/C17H18ClN5OS/c1-20-15-11-21-23(17(24)16(15)18)13-6-8-22(9-7-13)25-14-4-2-12(10-19)3-5-14/h2-5,11,13,20H,6-9H2,1H3. The van der Waals surface area contributed by atoms with Crippen LogP contribution in [0.1, 0.15) is 24.4 Å². The van der Waals surface area contributed by atoms with Gasteiger partial charge in [-0.05, 0) is 49.1 Å². The number of aromatic nitrogens is 2. The molecule has 0 amide bonds. The van der Waals surface area contributed by atoms with E-state index in [1.165, 1.54) is 4.68 Å². The van der Waals surface area contributed by atoms with E-state index in [0.717, 1.165) is 30.8 Å². The molecule has 2 heterocycles. The molecule has 8 heteroatoms. The summed E-state index contributed by atoms with van der Waals surface area (Å²) in [6.07, 6.45) is 3.28. The number of nitrogens with one attached hydrogen (secondary N) is 1. The summed E-state index contributed by atoms with van der Waals surface area (Å²) >= 11 is 7.78. The van der Waals surface area contributed by atoms with Crippen molar-refractivity contribution in [3.05, 3.63) is 51.4 Å². The zero-order valence-corrected chi connectivity index (χ0v) is 15.3. The number of rotatable bonds is 4. The zero-order chi connectivity index (χ0) is 17.8. The Bertz CT molecular complexity index is 838. The van der Waals surface area contributed by atoms with Crippen LogP contribution in [0, 0.1) is 11.3 Å². The molecule has 3 rings (SSSR count). The highest BCUT2D eigenvalue weighted by Gasteiger charge is 2.24. The zero-order valence-electron chi connectivity index (χ0n) is 13.8. The SMILES string of the molecule is CNc1cnn(C2CCN(Sc3ccc(C#N)cc3)CC2)c(=O)c1Cl. The van der Waals surface area contributed by atoms with E-state index in [2.05, 4.69) is 20.8 Å². The van der Waals surface area contributed by atoms with Gasteiger partial charge in [0.25, 0.3) is 5.56 Å². The second-order valence-corrected chi connectivity index (χ2v) is 7.31. The third-order valence-corrected chi connectivity index (χ3v) is 5.67. The van der Waals surface area contributed by atoms with E-state index in [0.29, 0.717) is 11.3 Å². The molecular formula is C17H18ClN5OS. The van der Waals surface area contributed by atoms with E-state index < -0.39 is 0 Å². The minimum atomic E-state index is -0.244. The summed E-state index contributed by atoms with van der Waals surface area (Å²) in [5.41, 5.74) is 0.971. The Hall–Kier alpha value is -2.01. The Morgan fingerprint density at radius 2 is 2.00 bits per heavy atom. The molecule has 1 saturated heterocycles. The topological polar surface area (TPSA) is 74.0 Å². The quantitative estimate of drug-likeness (QED) is 0.827. The molecule has 0 bridgehead atoms. The number of hydrogen-bond acceptors (Lipinski definition) is 6. The highest BCUT2D eigenvalue weighted by atomic mass is 35.5. The normalized spacial score (nSPS) is 15.7. The molecule has 0 aliphatic carbocycles. The maximum absolute atomic E-state index is 12.4. The Labute approximate surface area is 155 Å². The van der Waals surface area contributed by atoms with Gasteiger partial charge in [0.2, 0.25) is 0 Å². The van der Waals surface area contributed by atoms with E-state index in [1.54, 1.807) is 25.2 Å². The summed E-state index contributed by atoms with van der Waals surface area (Å²) in [6.45, 7) is 1.71. The van der Waals surface area contributed by atoms with Gasteiger partial charge in [-0.3, -0.25) is 4.79 Å². The molecule has 0 atom stereocenters. The van der Waals surface area contributed by atoms with Crippen LogP contribution in [0.2, 0.25) is 5.02 Å². The van der Waals surface area contributed by atoms with E-state index in [-0.39, 0.29) is 16.6 Å². The van der Waals surface area contributed by atoms with Crippen LogP contribution in [-0.4, -0.2) is 34.2 Å². The van der Waals surface area contributed by atoms with Crippen molar-refractivity contribution < 1.29 is 0 Å². The van der Waals surface area contributed by atoms with Gasteiger partial charge >= 0.3 is 0 Å². The lowest BCUT2D eigenvalue weighted by Gasteiger charge is -2.31. The van der Waals surface area contributed by atoms with Crippen LogP contribution < -0.4 is 10.9 Å². The molecule has 1 fully saturated rings. The van der Waals surface area contributed by atoms with Crippen molar-refractivity contribution in [1.82, 2.24) is 14.1 Å². The van der Waals surface area contributed by atoms with Crippen molar-refractivity contribution in [2.24, 2.45) is 0 Å². The molecule has 1 aliphatic rings. The van der Waals surface area contributed by atoms with Gasteiger partial charge in [0.15, 0.2) is 0 Å². The number of nitriles is 1. The molecule has 130 valence electrons. The molecule has 0 unspecified atom stereocenters. The molecule has 0 radical (unpaired) electrons. The molecule has 0 saturated carbocycles. The molecule has 2 aromatic rings. The van der Waals surface area contributed by atoms with E-state index in [9.17, 15) is 4.79 Å². The first-order chi connectivity index (χ1) is 12.1. The lowest BCUT2D eigenvalue weighted by Crippen LogP contribution is -2.36. The minimum Gasteiger partial charge on any atom is -0.385 e. The average molecular weight is 376 g/mol. The van der Waals surface area contributed by atoms with E-state index in [4.69, 9.17) is 16.9 Å². The van der Waals surface area contributed by atoms with Crippen molar-refractivity contribution in [1.29, 1.82) is 5.26 Å². The van der Waals surface area contributed by atoms with Crippen LogP contribution in [-0.2, 0) is 0 Å². The fourth-order valence-electron chi connectivity index (χ4n) is 2.80. The summed E-state index contributed by atoms with van der Waals surface area (Å²) in [7, 11) is 1.71. The van der Waals surface area contributed by atoms with Crippen LogP contribution in [0.5, 0.6) is 0 Å². The number of nitrogens with zero attached hydrogens (tertiary/aromatic N) is 4. The highest BCUT2D eigenvalue weighted by Crippen LogP contribution is 2.30. The van der Waals surface area contributed by atoms with Crippen LogP contribution in [0.4, 0.5) is 5.69 Å². The van der Waals surface area contributed by atoms with Crippen LogP contribution in [0.25, 0.3) is 0 Å². The molecule has 1 aromatic carbocycles. The van der Waals surface area contributed by atoms with Gasteiger partial charge in [0.05, 0.1) is 29.6 Å². The molecule has 6 nitrogen and oxygen atoms in total. The number of halogens is 1. The number of anilines is 1. The van der Waals surface area contributed by atoms with Gasteiger partial charge in [-0.2, -0.15) is 10.4 Å². The summed E-state index contributed by atoms with van der Waals surface area (Å²) in [6, 6.07) is 9.74. The second-order valence-electron chi connectivity index (χ2n) is 5.76. The second kappa shape index (κ2) is 7.91. The van der Waals surface area contributed by atoms with Gasteiger partial charge in [-0.15, -0.1) is 0 Å².